The number of ether oxygens (including phenoxy) is 1. The van der Waals surface area contributed by atoms with Crippen molar-refractivity contribution in [1.82, 2.24) is 10.2 Å². The molecule has 0 aliphatic carbocycles. The van der Waals surface area contributed by atoms with Gasteiger partial charge in [0.15, 0.2) is 6.10 Å². The van der Waals surface area contributed by atoms with Crippen LogP contribution in [0.2, 0.25) is 0 Å². The molecule has 1 N–H and O–H groups in total. The van der Waals surface area contributed by atoms with Gasteiger partial charge in [-0.05, 0) is 6.92 Å². The largest absolute Gasteiger partial charge is 0.451 e. The Kier molecular flexibility index (Phi) is 5.36. The van der Waals surface area contributed by atoms with Crippen LogP contribution in [0.25, 0.3) is 0 Å². The molecule has 6 nitrogen and oxygen atoms in total. The van der Waals surface area contributed by atoms with Crippen molar-refractivity contribution in [2.75, 3.05) is 20.6 Å². The number of hydrogen-bond donors (Lipinski definition) is 1. The van der Waals surface area contributed by atoms with Gasteiger partial charge in [0.05, 0.1) is 0 Å². The normalized spacial score (nSPS) is 11.5. The van der Waals surface area contributed by atoms with E-state index in [4.69, 9.17) is 4.74 Å². The van der Waals surface area contributed by atoms with E-state index >= 15 is 0 Å². The quantitative estimate of drug-likeness (QED) is 0.621. The first-order chi connectivity index (χ1) is 6.88. The van der Waals surface area contributed by atoms with Crippen molar-refractivity contribution in [3.8, 4) is 0 Å². The fourth-order valence-corrected chi connectivity index (χ4v) is 0.796. The number of esters is 1. The molecule has 2 amide bonds. The summed E-state index contributed by atoms with van der Waals surface area (Å²) in [4.78, 5) is 34.2. The second-order valence-electron chi connectivity index (χ2n) is 3.12. The standard InChI is InChI=1S/C9H16N2O4/c1-6(9(14)10-3)15-8(13)5-11(4)7(2)12/h6H,5H2,1-4H3,(H,10,14). The summed E-state index contributed by atoms with van der Waals surface area (Å²) in [6.07, 6.45) is -0.845. The smallest absolute Gasteiger partial charge is 0.326 e. The van der Waals surface area contributed by atoms with Crippen LogP contribution in [-0.2, 0) is 19.1 Å². The number of carbonyl (C=O) groups excluding carboxylic acids is 3. The first-order valence-corrected chi connectivity index (χ1v) is 4.51. The summed E-state index contributed by atoms with van der Waals surface area (Å²) < 4.78 is 4.78. The van der Waals surface area contributed by atoms with E-state index in [2.05, 4.69) is 5.32 Å². The lowest BCUT2D eigenvalue weighted by molar-refractivity contribution is -0.156. The second kappa shape index (κ2) is 6.00. The fourth-order valence-electron chi connectivity index (χ4n) is 0.796. The van der Waals surface area contributed by atoms with E-state index < -0.39 is 12.1 Å². The van der Waals surface area contributed by atoms with Crippen LogP contribution >= 0.6 is 0 Å². The summed E-state index contributed by atoms with van der Waals surface area (Å²) in [5.74, 6) is -1.22. The van der Waals surface area contributed by atoms with Crippen LogP contribution in [0.3, 0.4) is 0 Å². The number of hydrogen-bond acceptors (Lipinski definition) is 4. The minimum absolute atomic E-state index is 0.156. The topological polar surface area (TPSA) is 75.7 Å². The molecule has 0 aromatic carbocycles. The Bertz CT molecular complexity index is 265. The third-order valence-corrected chi connectivity index (χ3v) is 1.83. The Morgan fingerprint density at radius 2 is 1.93 bits per heavy atom. The summed E-state index contributed by atoms with van der Waals surface area (Å²) >= 11 is 0. The molecule has 0 heterocycles. The number of likely N-dealkylation sites (N-methyl/N-ethyl adjacent to an activating group) is 2. The van der Waals surface area contributed by atoms with E-state index in [1.165, 1.54) is 32.8 Å². The lowest BCUT2D eigenvalue weighted by Gasteiger charge is -2.16. The van der Waals surface area contributed by atoms with E-state index in [1.54, 1.807) is 0 Å². The van der Waals surface area contributed by atoms with Gasteiger partial charge in [0.2, 0.25) is 5.91 Å². The van der Waals surface area contributed by atoms with Crippen LogP contribution in [0, 0.1) is 0 Å². The van der Waals surface area contributed by atoms with Crippen LogP contribution in [0.5, 0.6) is 0 Å². The van der Waals surface area contributed by atoms with Crippen LogP contribution < -0.4 is 5.32 Å². The van der Waals surface area contributed by atoms with Gasteiger partial charge in [0, 0.05) is 21.0 Å². The molecule has 0 aliphatic rings. The van der Waals surface area contributed by atoms with Crippen molar-refractivity contribution in [1.29, 1.82) is 0 Å². The Balaban J connectivity index is 4.04. The molecule has 86 valence electrons. The summed E-state index contributed by atoms with van der Waals surface area (Å²) in [6, 6.07) is 0. The SMILES string of the molecule is CNC(=O)C(C)OC(=O)CN(C)C(C)=O. The van der Waals surface area contributed by atoms with Gasteiger partial charge >= 0.3 is 5.97 Å². The molecule has 0 spiro atoms. The van der Waals surface area contributed by atoms with E-state index in [0.29, 0.717) is 0 Å². The lowest BCUT2D eigenvalue weighted by atomic mass is 10.4. The maximum absolute atomic E-state index is 11.2. The zero-order valence-electron chi connectivity index (χ0n) is 9.36. The maximum atomic E-state index is 11.2. The molecule has 0 rings (SSSR count). The van der Waals surface area contributed by atoms with Crippen molar-refractivity contribution in [2.45, 2.75) is 20.0 Å². The minimum Gasteiger partial charge on any atom is -0.451 e. The van der Waals surface area contributed by atoms with Crippen LogP contribution in [-0.4, -0.2) is 49.4 Å². The minimum atomic E-state index is -0.845. The number of carbonyl (C=O) groups is 3. The summed E-state index contributed by atoms with van der Waals surface area (Å²) in [6.45, 7) is 2.65. The summed E-state index contributed by atoms with van der Waals surface area (Å²) in [7, 11) is 2.93. The highest BCUT2D eigenvalue weighted by Gasteiger charge is 2.17. The van der Waals surface area contributed by atoms with Crippen molar-refractivity contribution in [3.05, 3.63) is 0 Å². The first kappa shape index (κ1) is 13.4. The van der Waals surface area contributed by atoms with Crippen molar-refractivity contribution < 1.29 is 19.1 Å². The Hall–Kier alpha value is -1.59. The Morgan fingerprint density at radius 1 is 1.40 bits per heavy atom. The molecule has 15 heavy (non-hydrogen) atoms. The van der Waals surface area contributed by atoms with E-state index in [9.17, 15) is 14.4 Å². The molecule has 0 aromatic heterocycles. The Morgan fingerprint density at radius 3 is 2.33 bits per heavy atom. The van der Waals surface area contributed by atoms with Gasteiger partial charge in [0.25, 0.3) is 5.91 Å². The molecule has 6 heteroatoms. The first-order valence-electron chi connectivity index (χ1n) is 4.51. The molecule has 0 saturated heterocycles. The van der Waals surface area contributed by atoms with E-state index in [0.717, 1.165) is 0 Å². The molecule has 0 aliphatic heterocycles. The molecular weight excluding hydrogens is 200 g/mol. The molecule has 0 aromatic rings. The number of nitrogens with one attached hydrogen (secondary N) is 1. The lowest BCUT2D eigenvalue weighted by Crippen LogP contribution is -2.37. The molecule has 0 fully saturated rings. The number of amides is 2. The van der Waals surface area contributed by atoms with Crippen molar-refractivity contribution in [2.24, 2.45) is 0 Å². The van der Waals surface area contributed by atoms with Crippen LogP contribution in [0.4, 0.5) is 0 Å². The van der Waals surface area contributed by atoms with E-state index in [-0.39, 0.29) is 18.4 Å². The van der Waals surface area contributed by atoms with Gasteiger partial charge in [-0.15, -0.1) is 0 Å². The third kappa shape index (κ3) is 4.99. The number of rotatable bonds is 4. The molecule has 1 unspecified atom stereocenters. The van der Waals surface area contributed by atoms with Gasteiger partial charge in [-0.2, -0.15) is 0 Å². The maximum Gasteiger partial charge on any atom is 0.326 e. The average Bonchev–Trinajstić information content (AvgIpc) is 2.15. The number of nitrogens with zero attached hydrogens (tertiary/aromatic N) is 1. The fraction of sp³-hybridized carbons (Fsp3) is 0.667. The summed E-state index contributed by atoms with van der Waals surface area (Å²) in [5.41, 5.74) is 0. The average molecular weight is 216 g/mol. The highest BCUT2D eigenvalue weighted by Crippen LogP contribution is 1.93. The predicted molar refractivity (Wildman–Crippen MR) is 52.9 cm³/mol. The molecule has 1 atom stereocenters. The van der Waals surface area contributed by atoms with Gasteiger partial charge in [0.1, 0.15) is 6.54 Å². The van der Waals surface area contributed by atoms with Gasteiger partial charge in [-0.25, -0.2) is 0 Å². The van der Waals surface area contributed by atoms with Crippen molar-refractivity contribution in [3.63, 3.8) is 0 Å². The highest BCUT2D eigenvalue weighted by atomic mass is 16.5. The van der Waals surface area contributed by atoms with Gasteiger partial charge in [-0.3, -0.25) is 14.4 Å². The van der Waals surface area contributed by atoms with Crippen LogP contribution in [0.1, 0.15) is 13.8 Å². The van der Waals surface area contributed by atoms with Gasteiger partial charge < -0.3 is 15.0 Å². The molecule has 0 bridgehead atoms. The third-order valence-electron chi connectivity index (χ3n) is 1.83. The van der Waals surface area contributed by atoms with Crippen molar-refractivity contribution >= 4 is 17.8 Å². The summed E-state index contributed by atoms with van der Waals surface area (Å²) in [5, 5.41) is 2.35. The molecule has 0 saturated carbocycles. The highest BCUT2D eigenvalue weighted by molar-refractivity contribution is 5.85. The Labute approximate surface area is 88.6 Å². The van der Waals surface area contributed by atoms with Gasteiger partial charge in [-0.1, -0.05) is 0 Å². The second-order valence-corrected chi connectivity index (χ2v) is 3.12. The predicted octanol–water partition coefficient (Wildman–Crippen LogP) is -0.858. The zero-order valence-corrected chi connectivity index (χ0v) is 9.36. The monoisotopic (exact) mass is 216 g/mol. The molecule has 0 radical (unpaired) electrons. The zero-order chi connectivity index (χ0) is 12.0. The van der Waals surface area contributed by atoms with E-state index in [1.807, 2.05) is 0 Å². The van der Waals surface area contributed by atoms with Crippen LogP contribution in [0.15, 0.2) is 0 Å². The molecular formula is C9H16N2O4.